The van der Waals surface area contributed by atoms with Crippen LogP contribution < -0.4 is 5.56 Å². The summed E-state index contributed by atoms with van der Waals surface area (Å²) in [6, 6.07) is 5.32. The number of rotatable bonds is 2. The van der Waals surface area contributed by atoms with E-state index < -0.39 is 23.1 Å². The van der Waals surface area contributed by atoms with Gasteiger partial charge in [-0.1, -0.05) is 0 Å². The summed E-state index contributed by atoms with van der Waals surface area (Å²) >= 11 is 0. The van der Waals surface area contributed by atoms with Crippen molar-refractivity contribution in [2.45, 2.75) is 0 Å². The summed E-state index contributed by atoms with van der Waals surface area (Å²) in [4.78, 5) is 38.5. The van der Waals surface area contributed by atoms with Crippen LogP contribution in [0.2, 0.25) is 0 Å². The lowest BCUT2D eigenvalue weighted by Crippen LogP contribution is -2.51. The summed E-state index contributed by atoms with van der Waals surface area (Å²) in [5, 5.41) is 5.87. The first-order chi connectivity index (χ1) is 12.0. The van der Waals surface area contributed by atoms with Gasteiger partial charge in [-0.05, 0) is 18.2 Å². The Bertz CT molecular complexity index is 855. The number of benzene rings is 1. The number of halogens is 2. The average Bonchev–Trinajstić information content (AvgIpc) is 2.61. The Balaban J connectivity index is 1.65. The number of hydrogen-bond donors (Lipinski definition) is 1. The van der Waals surface area contributed by atoms with Crippen molar-refractivity contribution in [3.05, 3.63) is 63.6 Å². The topological polar surface area (TPSA) is 86.4 Å². The molecule has 1 aromatic heterocycles. The van der Waals surface area contributed by atoms with Gasteiger partial charge in [0.05, 0.1) is 5.56 Å². The second kappa shape index (κ2) is 6.80. The van der Waals surface area contributed by atoms with Crippen LogP contribution in [0.5, 0.6) is 0 Å². The smallest absolute Gasteiger partial charge is 0.274 e. The molecule has 0 radical (unpaired) electrons. The van der Waals surface area contributed by atoms with E-state index in [1.807, 2.05) is 0 Å². The molecule has 25 heavy (non-hydrogen) atoms. The van der Waals surface area contributed by atoms with E-state index in [0.29, 0.717) is 6.07 Å². The van der Waals surface area contributed by atoms with Gasteiger partial charge in [-0.3, -0.25) is 14.4 Å². The lowest BCUT2D eigenvalue weighted by atomic mass is 10.1. The fourth-order valence-electron chi connectivity index (χ4n) is 2.57. The summed E-state index contributed by atoms with van der Waals surface area (Å²) in [5.41, 5.74) is -0.513. The molecule has 2 amide bonds. The first kappa shape index (κ1) is 16.7. The molecule has 2 heterocycles. The van der Waals surface area contributed by atoms with Crippen molar-refractivity contribution < 1.29 is 18.4 Å². The molecule has 1 fully saturated rings. The van der Waals surface area contributed by atoms with Crippen LogP contribution in [0.4, 0.5) is 8.78 Å². The minimum atomic E-state index is -0.916. The highest BCUT2D eigenvalue weighted by Crippen LogP contribution is 2.14. The number of hydrogen-bond acceptors (Lipinski definition) is 4. The van der Waals surface area contributed by atoms with Crippen molar-refractivity contribution in [3.8, 4) is 0 Å². The number of nitrogens with zero attached hydrogens (tertiary/aromatic N) is 3. The van der Waals surface area contributed by atoms with Crippen molar-refractivity contribution in [2.24, 2.45) is 0 Å². The third-order valence-electron chi connectivity index (χ3n) is 3.91. The Morgan fingerprint density at radius 3 is 2.16 bits per heavy atom. The molecule has 1 aromatic carbocycles. The van der Waals surface area contributed by atoms with E-state index in [9.17, 15) is 23.2 Å². The van der Waals surface area contributed by atoms with Gasteiger partial charge in [-0.2, -0.15) is 5.10 Å². The van der Waals surface area contributed by atoms with Gasteiger partial charge < -0.3 is 9.80 Å². The van der Waals surface area contributed by atoms with Crippen LogP contribution in [0, 0.1) is 11.6 Å². The minimum Gasteiger partial charge on any atom is -0.335 e. The Hall–Kier alpha value is -3.10. The van der Waals surface area contributed by atoms with Crippen molar-refractivity contribution in [1.29, 1.82) is 0 Å². The van der Waals surface area contributed by atoms with E-state index in [1.54, 1.807) is 0 Å². The van der Waals surface area contributed by atoms with Crippen LogP contribution >= 0.6 is 0 Å². The number of piperazine rings is 1. The highest BCUT2D eigenvalue weighted by atomic mass is 19.1. The summed E-state index contributed by atoms with van der Waals surface area (Å²) in [7, 11) is 0. The van der Waals surface area contributed by atoms with Crippen molar-refractivity contribution in [2.75, 3.05) is 26.2 Å². The van der Waals surface area contributed by atoms with Gasteiger partial charge in [0.1, 0.15) is 17.3 Å². The van der Waals surface area contributed by atoms with Gasteiger partial charge in [0.2, 0.25) is 0 Å². The van der Waals surface area contributed by atoms with Gasteiger partial charge >= 0.3 is 0 Å². The molecule has 0 spiro atoms. The number of carbonyl (C=O) groups is 2. The molecule has 3 rings (SSSR count). The second-order valence-corrected chi connectivity index (χ2v) is 5.52. The molecule has 0 aliphatic carbocycles. The lowest BCUT2D eigenvalue weighted by Gasteiger charge is -2.34. The highest BCUT2D eigenvalue weighted by molar-refractivity contribution is 5.95. The predicted octanol–water partition coefficient (Wildman–Crippen LogP) is 0.646. The monoisotopic (exact) mass is 348 g/mol. The normalized spacial score (nSPS) is 14.5. The fourth-order valence-corrected chi connectivity index (χ4v) is 2.57. The molecule has 0 unspecified atom stereocenters. The Labute approximate surface area is 140 Å². The van der Waals surface area contributed by atoms with Crippen LogP contribution in [0.1, 0.15) is 20.8 Å². The highest BCUT2D eigenvalue weighted by Gasteiger charge is 2.27. The molecular formula is C16H14F2N4O3. The number of nitrogens with one attached hydrogen (secondary N) is 1. The minimum absolute atomic E-state index is 0.101. The molecule has 0 bridgehead atoms. The van der Waals surface area contributed by atoms with E-state index in [0.717, 1.165) is 12.1 Å². The first-order valence-corrected chi connectivity index (χ1v) is 7.55. The van der Waals surface area contributed by atoms with E-state index in [-0.39, 0.29) is 43.3 Å². The number of H-pyrrole nitrogens is 1. The molecule has 9 heteroatoms. The molecule has 7 nitrogen and oxygen atoms in total. The number of aromatic amines is 1. The molecule has 1 N–H and O–H groups in total. The zero-order valence-corrected chi connectivity index (χ0v) is 13.0. The molecule has 1 aliphatic rings. The molecule has 130 valence electrons. The predicted molar refractivity (Wildman–Crippen MR) is 83.0 cm³/mol. The molecule has 2 aromatic rings. The van der Waals surface area contributed by atoms with Crippen LogP contribution in [0.25, 0.3) is 0 Å². The van der Waals surface area contributed by atoms with Gasteiger partial charge in [-0.15, -0.1) is 0 Å². The molecule has 0 saturated carbocycles. The van der Waals surface area contributed by atoms with Crippen LogP contribution in [0.3, 0.4) is 0 Å². The summed E-state index contributed by atoms with van der Waals surface area (Å²) in [5.74, 6) is -2.58. The van der Waals surface area contributed by atoms with Gasteiger partial charge in [0.25, 0.3) is 17.4 Å². The van der Waals surface area contributed by atoms with Crippen LogP contribution in [0.15, 0.2) is 35.1 Å². The second-order valence-electron chi connectivity index (χ2n) is 5.52. The maximum atomic E-state index is 13.7. The molecule has 1 saturated heterocycles. The van der Waals surface area contributed by atoms with E-state index in [4.69, 9.17) is 0 Å². The van der Waals surface area contributed by atoms with Crippen LogP contribution in [-0.2, 0) is 0 Å². The largest absolute Gasteiger partial charge is 0.335 e. The summed E-state index contributed by atoms with van der Waals surface area (Å²) < 4.78 is 26.7. The summed E-state index contributed by atoms with van der Waals surface area (Å²) in [6.45, 7) is 0.915. The fraction of sp³-hybridized carbons (Fsp3) is 0.250. The third kappa shape index (κ3) is 3.54. The maximum Gasteiger partial charge on any atom is 0.274 e. The molecule has 0 atom stereocenters. The van der Waals surface area contributed by atoms with Gasteiger partial charge in [0, 0.05) is 38.3 Å². The molecular weight excluding hydrogens is 334 g/mol. The zero-order valence-electron chi connectivity index (χ0n) is 13.0. The number of amides is 2. The van der Waals surface area contributed by atoms with E-state index >= 15 is 0 Å². The molecule has 1 aliphatic heterocycles. The quantitative estimate of drug-likeness (QED) is 0.863. The zero-order chi connectivity index (χ0) is 18.0. The van der Waals surface area contributed by atoms with E-state index in [1.165, 1.54) is 21.9 Å². The van der Waals surface area contributed by atoms with Crippen molar-refractivity contribution in [3.63, 3.8) is 0 Å². The lowest BCUT2D eigenvalue weighted by molar-refractivity contribution is 0.0529. The average molecular weight is 348 g/mol. The summed E-state index contributed by atoms with van der Waals surface area (Å²) in [6.07, 6.45) is 0. The van der Waals surface area contributed by atoms with Gasteiger partial charge in [-0.25, -0.2) is 13.9 Å². The first-order valence-electron chi connectivity index (χ1n) is 7.55. The Kier molecular flexibility index (Phi) is 4.55. The SMILES string of the molecule is O=C(c1ccc(=O)[nH]n1)N1CCN(C(=O)c2ccc(F)cc2F)CC1. The standard InChI is InChI=1S/C16H14F2N4O3/c17-10-1-2-11(12(18)9-10)15(24)21-5-7-22(8-6-21)16(25)13-3-4-14(23)20-19-13/h1-4,9H,5-8H2,(H,20,23). The van der Waals surface area contributed by atoms with Crippen LogP contribution in [-0.4, -0.2) is 58.0 Å². The Morgan fingerprint density at radius 2 is 1.60 bits per heavy atom. The van der Waals surface area contributed by atoms with Crippen molar-refractivity contribution in [1.82, 2.24) is 20.0 Å². The number of aromatic nitrogens is 2. The van der Waals surface area contributed by atoms with Gasteiger partial charge in [0.15, 0.2) is 0 Å². The third-order valence-corrected chi connectivity index (χ3v) is 3.91. The maximum absolute atomic E-state index is 13.7. The Morgan fingerprint density at radius 1 is 0.960 bits per heavy atom. The number of carbonyl (C=O) groups excluding carboxylic acids is 2. The van der Waals surface area contributed by atoms with Crippen molar-refractivity contribution >= 4 is 11.8 Å². The van der Waals surface area contributed by atoms with E-state index in [2.05, 4.69) is 10.2 Å².